The lowest BCUT2D eigenvalue weighted by molar-refractivity contribution is 0.588. The van der Waals surface area contributed by atoms with Gasteiger partial charge in [0.2, 0.25) is 0 Å². The third-order valence-electron chi connectivity index (χ3n) is 3.50. The van der Waals surface area contributed by atoms with Crippen molar-refractivity contribution in [2.45, 2.75) is 33.6 Å². The first-order valence-corrected chi connectivity index (χ1v) is 6.03. The Morgan fingerprint density at radius 3 is 2.53 bits per heavy atom. The van der Waals surface area contributed by atoms with Gasteiger partial charge in [0.1, 0.15) is 0 Å². The highest BCUT2D eigenvalue weighted by atomic mass is 14.7. The summed E-state index contributed by atoms with van der Waals surface area (Å²) in [7, 11) is 0. The van der Waals surface area contributed by atoms with Crippen molar-refractivity contribution in [1.29, 1.82) is 5.26 Å². The monoisotopic (exact) mass is 226 g/mol. The highest BCUT2D eigenvalue weighted by molar-refractivity contribution is 5.85. The molecule has 0 radical (unpaired) electrons. The van der Waals surface area contributed by atoms with Gasteiger partial charge >= 0.3 is 0 Å². The Hall–Kier alpha value is -1.75. The summed E-state index contributed by atoms with van der Waals surface area (Å²) in [6.45, 7) is 8.38. The van der Waals surface area contributed by atoms with Gasteiger partial charge in [0.05, 0.1) is 12.0 Å². The van der Waals surface area contributed by atoms with Gasteiger partial charge in [-0.1, -0.05) is 19.9 Å². The summed E-state index contributed by atoms with van der Waals surface area (Å²) in [5.41, 5.74) is 4.76. The molecule has 1 unspecified atom stereocenters. The number of benzene rings is 1. The molecule has 0 spiro atoms. The van der Waals surface area contributed by atoms with E-state index < -0.39 is 0 Å². The van der Waals surface area contributed by atoms with E-state index in [-0.39, 0.29) is 5.92 Å². The number of nitrogens with zero attached hydrogens (tertiary/aromatic N) is 1. The SMILES string of the molecule is Cc1[nH]c2ccc(C(C#N)C(C)C)cc2c1C. The van der Waals surface area contributed by atoms with Crippen molar-refractivity contribution < 1.29 is 0 Å². The van der Waals surface area contributed by atoms with Crippen LogP contribution in [0.25, 0.3) is 10.9 Å². The van der Waals surface area contributed by atoms with Crippen LogP contribution in [0.1, 0.15) is 36.6 Å². The largest absolute Gasteiger partial charge is 0.358 e. The van der Waals surface area contributed by atoms with Crippen LogP contribution < -0.4 is 0 Å². The van der Waals surface area contributed by atoms with Crippen molar-refractivity contribution in [2.75, 3.05) is 0 Å². The number of hydrogen-bond donors (Lipinski definition) is 1. The van der Waals surface area contributed by atoms with Gasteiger partial charge in [0.15, 0.2) is 0 Å². The third-order valence-corrected chi connectivity index (χ3v) is 3.50. The molecule has 1 aromatic heterocycles. The number of hydrogen-bond acceptors (Lipinski definition) is 1. The minimum Gasteiger partial charge on any atom is -0.358 e. The van der Waals surface area contributed by atoms with Gasteiger partial charge in [-0.2, -0.15) is 5.26 Å². The third kappa shape index (κ3) is 1.93. The highest BCUT2D eigenvalue weighted by Crippen LogP contribution is 2.29. The Bertz CT molecular complexity index is 585. The topological polar surface area (TPSA) is 39.6 Å². The predicted molar refractivity (Wildman–Crippen MR) is 71.0 cm³/mol. The number of nitriles is 1. The molecule has 0 amide bonds. The lowest BCUT2D eigenvalue weighted by Gasteiger charge is -2.13. The summed E-state index contributed by atoms with van der Waals surface area (Å²) >= 11 is 0. The second kappa shape index (κ2) is 4.25. The molecule has 1 aromatic carbocycles. The molecule has 88 valence electrons. The second-order valence-electron chi connectivity index (χ2n) is 5.03. The van der Waals surface area contributed by atoms with Crippen LogP contribution >= 0.6 is 0 Å². The summed E-state index contributed by atoms with van der Waals surface area (Å²) in [5.74, 6) is 0.326. The number of fused-ring (bicyclic) bond motifs is 1. The van der Waals surface area contributed by atoms with Crippen molar-refractivity contribution >= 4 is 10.9 Å². The van der Waals surface area contributed by atoms with Gasteiger partial charge in [-0.25, -0.2) is 0 Å². The molecular formula is C15H18N2. The van der Waals surface area contributed by atoms with Gasteiger partial charge in [0.25, 0.3) is 0 Å². The Morgan fingerprint density at radius 1 is 1.24 bits per heavy atom. The van der Waals surface area contributed by atoms with Crippen molar-refractivity contribution in [3.63, 3.8) is 0 Å². The number of aromatic nitrogens is 1. The van der Waals surface area contributed by atoms with E-state index in [2.05, 4.69) is 56.9 Å². The highest BCUT2D eigenvalue weighted by Gasteiger charge is 2.16. The maximum atomic E-state index is 9.24. The first-order valence-electron chi connectivity index (χ1n) is 6.03. The van der Waals surface area contributed by atoms with Crippen LogP contribution in [0, 0.1) is 31.1 Å². The Labute approximate surface area is 102 Å². The quantitative estimate of drug-likeness (QED) is 0.824. The zero-order valence-corrected chi connectivity index (χ0v) is 10.8. The van der Waals surface area contributed by atoms with E-state index >= 15 is 0 Å². The van der Waals surface area contributed by atoms with Crippen molar-refractivity contribution in [3.8, 4) is 6.07 Å². The van der Waals surface area contributed by atoms with Gasteiger partial charge in [-0.05, 0) is 43.0 Å². The van der Waals surface area contributed by atoms with E-state index in [0.29, 0.717) is 5.92 Å². The van der Waals surface area contributed by atoms with Crippen LogP contribution in [0.2, 0.25) is 0 Å². The van der Waals surface area contributed by atoms with Crippen LogP contribution in [-0.2, 0) is 0 Å². The van der Waals surface area contributed by atoms with Crippen LogP contribution in [0.5, 0.6) is 0 Å². The first-order chi connectivity index (χ1) is 8.04. The number of aromatic amines is 1. The fourth-order valence-electron chi connectivity index (χ4n) is 2.28. The van der Waals surface area contributed by atoms with Crippen LogP contribution in [0.15, 0.2) is 18.2 Å². The molecule has 0 aliphatic carbocycles. The standard InChI is InChI=1S/C15H18N2/c1-9(2)14(8-16)12-5-6-15-13(7-12)10(3)11(4)17-15/h5-7,9,14,17H,1-4H3. The van der Waals surface area contributed by atoms with E-state index in [1.165, 1.54) is 16.6 Å². The number of aryl methyl sites for hydroxylation is 2. The normalized spacial score (nSPS) is 12.9. The average Bonchev–Trinajstić information content (AvgIpc) is 2.56. The van der Waals surface area contributed by atoms with E-state index in [1.54, 1.807) is 0 Å². The predicted octanol–water partition coefficient (Wildman–Crippen LogP) is 4.05. The molecule has 2 heteroatoms. The minimum absolute atomic E-state index is 0.0194. The lowest BCUT2D eigenvalue weighted by atomic mass is 9.89. The smallest absolute Gasteiger partial charge is 0.0735 e. The maximum absolute atomic E-state index is 9.24. The van der Waals surface area contributed by atoms with E-state index in [1.807, 2.05) is 0 Å². The zero-order chi connectivity index (χ0) is 12.6. The van der Waals surface area contributed by atoms with E-state index in [4.69, 9.17) is 0 Å². The van der Waals surface area contributed by atoms with Gasteiger partial charge in [-0.15, -0.1) is 0 Å². The number of nitrogens with one attached hydrogen (secondary N) is 1. The number of rotatable bonds is 2. The summed E-state index contributed by atoms with van der Waals surface area (Å²) in [6.07, 6.45) is 0. The van der Waals surface area contributed by atoms with Gasteiger partial charge in [-0.3, -0.25) is 0 Å². The molecule has 2 nitrogen and oxygen atoms in total. The molecule has 2 aromatic rings. The average molecular weight is 226 g/mol. The van der Waals surface area contributed by atoms with Crippen LogP contribution in [-0.4, -0.2) is 4.98 Å². The van der Waals surface area contributed by atoms with Crippen molar-refractivity contribution in [2.24, 2.45) is 5.92 Å². The van der Waals surface area contributed by atoms with Gasteiger partial charge in [0, 0.05) is 16.6 Å². The fourth-order valence-corrected chi connectivity index (χ4v) is 2.28. The molecule has 1 atom stereocenters. The van der Waals surface area contributed by atoms with Crippen LogP contribution in [0.4, 0.5) is 0 Å². The molecule has 1 N–H and O–H groups in total. The molecule has 2 rings (SSSR count). The summed E-state index contributed by atoms with van der Waals surface area (Å²) in [6, 6.07) is 8.70. The maximum Gasteiger partial charge on any atom is 0.0735 e. The summed E-state index contributed by atoms with van der Waals surface area (Å²) in [5, 5.41) is 10.5. The molecule has 0 aliphatic rings. The van der Waals surface area contributed by atoms with Crippen LogP contribution in [0.3, 0.4) is 0 Å². The number of H-pyrrole nitrogens is 1. The molecule has 0 saturated carbocycles. The molecule has 17 heavy (non-hydrogen) atoms. The fraction of sp³-hybridized carbons (Fsp3) is 0.400. The lowest BCUT2D eigenvalue weighted by Crippen LogP contribution is -2.03. The molecule has 0 fully saturated rings. The molecule has 0 aliphatic heterocycles. The second-order valence-corrected chi connectivity index (χ2v) is 5.03. The molecule has 1 heterocycles. The first kappa shape index (κ1) is 11.7. The summed E-state index contributed by atoms with van der Waals surface area (Å²) < 4.78 is 0. The van der Waals surface area contributed by atoms with E-state index in [0.717, 1.165) is 11.1 Å². The van der Waals surface area contributed by atoms with Crippen molar-refractivity contribution in [1.82, 2.24) is 4.98 Å². The van der Waals surface area contributed by atoms with Gasteiger partial charge < -0.3 is 4.98 Å². The molecule has 0 bridgehead atoms. The Kier molecular flexibility index (Phi) is 2.93. The Morgan fingerprint density at radius 2 is 1.94 bits per heavy atom. The minimum atomic E-state index is -0.0194. The molecule has 0 saturated heterocycles. The Balaban J connectivity index is 2.58. The van der Waals surface area contributed by atoms with Crippen molar-refractivity contribution in [3.05, 3.63) is 35.0 Å². The molecular weight excluding hydrogens is 208 g/mol. The van der Waals surface area contributed by atoms with E-state index in [9.17, 15) is 5.26 Å². The zero-order valence-electron chi connectivity index (χ0n) is 10.8. The summed E-state index contributed by atoms with van der Waals surface area (Å²) in [4.78, 5) is 3.36.